The van der Waals surface area contributed by atoms with Gasteiger partial charge in [0, 0.05) is 13.1 Å². The highest BCUT2D eigenvalue weighted by atomic mass is 15.2. The first kappa shape index (κ1) is 14.8. The summed E-state index contributed by atoms with van der Waals surface area (Å²) >= 11 is 0. The summed E-state index contributed by atoms with van der Waals surface area (Å²) in [5, 5.41) is 11.4. The van der Waals surface area contributed by atoms with Gasteiger partial charge in [-0.15, -0.1) is 5.10 Å². The van der Waals surface area contributed by atoms with Crippen molar-refractivity contribution in [3.8, 4) is 0 Å². The number of hydrogen-bond acceptors (Lipinski definition) is 6. The Kier molecular flexibility index (Phi) is 3.72. The molecular formula is C18H20N6. The van der Waals surface area contributed by atoms with Gasteiger partial charge in [-0.2, -0.15) is 5.10 Å². The van der Waals surface area contributed by atoms with E-state index in [4.69, 9.17) is 0 Å². The summed E-state index contributed by atoms with van der Waals surface area (Å²) in [7, 11) is 0. The normalized spacial score (nSPS) is 14.0. The van der Waals surface area contributed by atoms with Gasteiger partial charge in [-0.1, -0.05) is 13.8 Å². The summed E-state index contributed by atoms with van der Waals surface area (Å²) < 4.78 is 0. The van der Waals surface area contributed by atoms with Gasteiger partial charge in [-0.25, -0.2) is 4.98 Å². The van der Waals surface area contributed by atoms with E-state index in [1.54, 1.807) is 6.20 Å². The zero-order chi connectivity index (χ0) is 16.5. The standard InChI is InChI=1S/C18H20N6/c1-12(2)13-8-18(23-20-10-13)22-17-5-4-15-16(21-17)9-14(11-19-15)24-6-3-7-24/h4-5,8-12H,3,6-7H2,1-2H3,(H,21,22,23). The van der Waals surface area contributed by atoms with Crippen LogP contribution < -0.4 is 10.2 Å². The van der Waals surface area contributed by atoms with Crippen molar-refractivity contribution >= 4 is 28.4 Å². The Morgan fingerprint density at radius 2 is 1.92 bits per heavy atom. The van der Waals surface area contributed by atoms with Crippen LogP contribution in [0.15, 0.2) is 36.7 Å². The number of hydrogen-bond donors (Lipinski definition) is 1. The molecule has 1 N–H and O–H groups in total. The molecule has 24 heavy (non-hydrogen) atoms. The van der Waals surface area contributed by atoms with Gasteiger partial charge < -0.3 is 10.2 Å². The minimum atomic E-state index is 0.411. The molecule has 3 aromatic rings. The molecule has 1 aliphatic heterocycles. The van der Waals surface area contributed by atoms with E-state index < -0.39 is 0 Å². The molecule has 0 saturated carbocycles. The summed E-state index contributed by atoms with van der Waals surface area (Å²) in [5.41, 5.74) is 4.07. The van der Waals surface area contributed by atoms with Crippen LogP contribution in [0.25, 0.3) is 11.0 Å². The maximum absolute atomic E-state index is 4.68. The molecule has 6 nitrogen and oxygen atoms in total. The first-order valence-electron chi connectivity index (χ1n) is 8.30. The van der Waals surface area contributed by atoms with Crippen molar-refractivity contribution in [2.75, 3.05) is 23.3 Å². The van der Waals surface area contributed by atoms with Crippen molar-refractivity contribution in [3.05, 3.63) is 42.2 Å². The molecule has 0 atom stereocenters. The Balaban J connectivity index is 1.63. The summed E-state index contributed by atoms with van der Waals surface area (Å²) in [5.74, 6) is 1.87. The molecule has 0 aromatic carbocycles. The molecule has 0 bridgehead atoms. The molecule has 0 amide bonds. The molecule has 3 aromatic heterocycles. The van der Waals surface area contributed by atoms with Crippen LogP contribution in [0.1, 0.15) is 31.7 Å². The van der Waals surface area contributed by atoms with Crippen molar-refractivity contribution in [2.24, 2.45) is 0 Å². The van der Waals surface area contributed by atoms with E-state index in [1.807, 2.05) is 24.4 Å². The molecule has 4 heterocycles. The Hall–Kier alpha value is -2.76. The second-order valence-electron chi connectivity index (χ2n) is 6.42. The fraction of sp³-hybridized carbons (Fsp3) is 0.333. The summed E-state index contributed by atoms with van der Waals surface area (Å²) in [6.45, 7) is 6.47. The lowest BCUT2D eigenvalue weighted by Gasteiger charge is -2.32. The van der Waals surface area contributed by atoms with Gasteiger partial charge >= 0.3 is 0 Å². The lowest BCUT2D eigenvalue weighted by molar-refractivity contribution is 0.617. The fourth-order valence-corrected chi connectivity index (χ4v) is 2.70. The van der Waals surface area contributed by atoms with E-state index in [0.29, 0.717) is 11.7 Å². The van der Waals surface area contributed by atoms with Crippen LogP contribution in [0, 0.1) is 0 Å². The number of nitrogens with zero attached hydrogens (tertiary/aromatic N) is 5. The third-order valence-corrected chi connectivity index (χ3v) is 4.34. The lowest BCUT2D eigenvalue weighted by atomic mass is 10.1. The molecule has 1 fully saturated rings. The molecule has 1 aliphatic rings. The van der Waals surface area contributed by atoms with Crippen molar-refractivity contribution in [1.82, 2.24) is 20.2 Å². The van der Waals surface area contributed by atoms with Crippen LogP contribution in [0.2, 0.25) is 0 Å². The molecule has 4 rings (SSSR count). The van der Waals surface area contributed by atoms with Gasteiger partial charge in [-0.3, -0.25) is 4.98 Å². The van der Waals surface area contributed by atoms with Crippen LogP contribution >= 0.6 is 0 Å². The zero-order valence-corrected chi connectivity index (χ0v) is 13.9. The van der Waals surface area contributed by atoms with Crippen LogP contribution in [0.5, 0.6) is 0 Å². The third kappa shape index (κ3) is 2.87. The van der Waals surface area contributed by atoms with E-state index >= 15 is 0 Å². The Labute approximate surface area is 141 Å². The average Bonchev–Trinajstić information content (AvgIpc) is 2.53. The smallest absolute Gasteiger partial charge is 0.154 e. The van der Waals surface area contributed by atoms with Gasteiger partial charge in [-0.05, 0) is 42.2 Å². The molecule has 0 aliphatic carbocycles. The van der Waals surface area contributed by atoms with Crippen LogP contribution in [-0.4, -0.2) is 33.3 Å². The van der Waals surface area contributed by atoms with Crippen molar-refractivity contribution in [1.29, 1.82) is 0 Å². The van der Waals surface area contributed by atoms with Crippen LogP contribution in [0.4, 0.5) is 17.3 Å². The minimum Gasteiger partial charge on any atom is -0.370 e. The predicted molar refractivity (Wildman–Crippen MR) is 95.8 cm³/mol. The number of aromatic nitrogens is 4. The SMILES string of the molecule is CC(C)c1cnnc(Nc2ccc3ncc(N4CCC4)cc3n2)c1. The lowest BCUT2D eigenvalue weighted by Crippen LogP contribution is -2.36. The third-order valence-electron chi connectivity index (χ3n) is 4.34. The van der Waals surface area contributed by atoms with Gasteiger partial charge in [0.2, 0.25) is 0 Å². The molecule has 1 saturated heterocycles. The number of nitrogens with one attached hydrogen (secondary N) is 1. The van der Waals surface area contributed by atoms with Crippen molar-refractivity contribution < 1.29 is 0 Å². The van der Waals surface area contributed by atoms with Crippen molar-refractivity contribution in [3.63, 3.8) is 0 Å². The zero-order valence-electron chi connectivity index (χ0n) is 13.9. The highest BCUT2D eigenvalue weighted by Crippen LogP contribution is 2.24. The van der Waals surface area contributed by atoms with Gasteiger partial charge in [0.05, 0.1) is 29.1 Å². The molecule has 122 valence electrons. The quantitative estimate of drug-likeness (QED) is 0.793. The summed E-state index contributed by atoms with van der Waals surface area (Å²) in [6, 6.07) is 8.01. The number of rotatable bonds is 4. The molecular weight excluding hydrogens is 300 g/mol. The van der Waals surface area contributed by atoms with E-state index in [-0.39, 0.29) is 0 Å². The molecule has 0 unspecified atom stereocenters. The molecule has 0 radical (unpaired) electrons. The van der Waals surface area contributed by atoms with E-state index in [0.717, 1.165) is 41.2 Å². The number of pyridine rings is 2. The first-order valence-corrected chi connectivity index (χ1v) is 8.30. The summed E-state index contributed by atoms with van der Waals surface area (Å²) in [6.07, 6.45) is 4.97. The fourth-order valence-electron chi connectivity index (χ4n) is 2.70. The maximum atomic E-state index is 4.68. The van der Waals surface area contributed by atoms with E-state index in [2.05, 4.69) is 50.3 Å². The topological polar surface area (TPSA) is 66.8 Å². The average molecular weight is 320 g/mol. The Morgan fingerprint density at radius 3 is 2.67 bits per heavy atom. The Morgan fingerprint density at radius 1 is 1.04 bits per heavy atom. The van der Waals surface area contributed by atoms with Gasteiger partial charge in [0.25, 0.3) is 0 Å². The van der Waals surface area contributed by atoms with Crippen LogP contribution in [0.3, 0.4) is 0 Å². The Bertz CT molecular complexity index is 872. The predicted octanol–water partition coefficient (Wildman–Crippen LogP) is 3.50. The van der Waals surface area contributed by atoms with Gasteiger partial charge in [0.1, 0.15) is 5.82 Å². The van der Waals surface area contributed by atoms with E-state index in [1.165, 1.54) is 6.42 Å². The van der Waals surface area contributed by atoms with Gasteiger partial charge in [0.15, 0.2) is 5.82 Å². The highest BCUT2D eigenvalue weighted by Gasteiger charge is 2.15. The second kappa shape index (κ2) is 6.03. The molecule has 6 heteroatoms. The van der Waals surface area contributed by atoms with E-state index in [9.17, 15) is 0 Å². The maximum Gasteiger partial charge on any atom is 0.154 e. The number of fused-ring (bicyclic) bond motifs is 1. The molecule has 0 spiro atoms. The largest absolute Gasteiger partial charge is 0.370 e. The minimum absolute atomic E-state index is 0.411. The monoisotopic (exact) mass is 320 g/mol. The van der Waals surface area contributed by atoms with Crippen LogP contribution in [-0.2, 0) is 0 Å². The second-order valence-corrected chi connectivity index (χ2v) is 6.42. The first-order chi connectivity index (χ1) is 11.7. The summed E-state index contributed by atoms with van der Waals surface area (Å²) in [4.78, 5) is 11.5. The highest BCUT2D eigenvalue weighted by molar-refractivity contribution is 5.80. The van der Waals surface area contributed by atoms with Crippen molar-refractivity contribution in [2.45, 2.75) is 26.2 Å². The number of anilines is 3.